The van der Waals surface area contributed by atoms with Crippen molar-refractivity contribution in [2.24, 2.45) is 5.92 Å². The van der Waals surface area contributed by atoms with Crippen LogP contribution >= 0.6 is 12.4 Å². The molecule has 1 atom stereocenters. The highest BCUT2D eigenvalue weighted by Crippen LogP contribution is 2.36. The molecule has 216 valence electrons. The minimum absolute atomic E-state index is 0. The average molecular weight is 566 g/mol. The van der Waals surface area contributed by atoms with Crippen molar-refractivity contribution in [3.8, 4) is 0 Å². The van der Waals surface area contributed by atoms with Crippen LogP contribution in [0.5, 0.6) is 0 Å². The Hall–Kier alpha value is -2.70. The summed E-state index contributed by atoms with van der Waals surface area (Å²) in [5.41, 5.74) is 1.81. The van der Waals surface area contributed by atoms with Crippen LogP contribution in [-0.4, -0.2) is 58.6 Å². The number of halogens is 1. The van der Waals surface area contributed by atoms with Crippen molar-refractivity contribution < 1.29 is 14.4 Å². The number of rotatable bonds is 9. The van der Waals surface area contributed by atoms with Crippen LogP contribution in [0.25, 0.3) is 0 Å². The maximum atomic E-state index is 13.8. The Labute approximate surface area is 245 Å². The Morgan fingerprint density at radius 3 is 2.23 bits per heavy atom. The topological polar surface area (TPSA) is 69.7 Å². The molecule has 1 spiro atoms. The van der Waals surface area contributed by atoms with E-state index in [4.69, 9.17) is 0 Å². The lowest BCUT2D eigenvalue weighted by Gasteiger charge is -2.52. The van der Waals surface area contributed by atoms with Crippen LogP contribution < -0.4 is 5.32 Å². The summed E-state index contributed by atoms with van der Waals surface area (Å²) in [6, 6.07) is 16.9. The first-order chi connectivity index (χ1) is 19.0. The molecule has 0 bridgehead atoms. The van der Waals surface area contributed by atoms with Crippen molar-refractivity contribution in [2.75, 3.05) is 19.6 Å². The number of nitrogens with zero attached hydrogens (tertiary/aromatic N) is 2. The van der Waals surface area contributed by atoms with Crippen molar-refractivity contribution in [1.82, 2.24) is 15.1 Å². The van der Waals surface area contributed by atoms with E-state index in [2.05, 4.69) is 17.1 Å². The maximum absolute atomic E-state index is 13.8. The molecule has 0 aromatic heterocycles. The molecule has 2 saturated heterocycles. The zero-order valence-electron chi connectivity index (χ0n) is 23.8. The normalized spacial score (nSPS) is 21.6. The molecule has 40 heavy (non-hydrogen) atoms. The molecule has 6 nitrogen and oxygen atoms in total. The van der Waals surface area contributed by atoms with Crippen molar-refractivity contribution in [1.29, 1.82) is 0 Å². The molecule has 2 aromatic rings. The van der Waals surface area contributed by atoms with Crippen LogP contribution in [0.1, 0.15) is 92.6 Å². The summed E-state index contributed by atoms with van der Waals surface area (Å²) in [5, 5.41) is 3.19. The number of piperazine rings is 1. The number of ketones is 1. The Bertz CT molecular complexity index is 1140. The van der Waals surface area contributed by atoms with Gasteiger partial charge in [-0.2, -0.15) is 0 Å². The molecule has 1 saturated carbocycles. The second-order valence-electron chi connectivity index (χ2n) is 11.8. The van der Waals surface area contributed by atoms with E-state index in [9.17, 15) is 14.4 Å². The van der Waals surface area contributed by atoms with Crippen molar-refractivity contribution in [3.05, 3.63) is 71.3 Å². The molecule has 0 unspecified atom stereocenters. The second-order valence-corrected chi connectivity index (χ2v) is 11.8. The van der Waals surface area contributed by atoms with Crippen LogP contribution in [0.3, 0.4) is 0 Å². The molecule has 2 aromatic carbocycles. The number of hydrogen-bond acceptors (Lipinski definition) is 4. The summed E-state index contributed by atoms with van der Waals surface area (Å²) in [4.78, 5) is 44.5. The van der Waals surface area contributed by atoms with E-state index in [1.165, 1.54) is 32.1 Å². The van der Waals surface area contributed by atoms with Crippen LogP contribution in [0.2, 0.25) is 0 Å². The number of nitrogens with one attached hydrogen (secondary N) is 1. The predicted octanol–water partition coefficient (Wildman–Crippen LogP) is 5.77. The fourth-order valence-corrected chi connectivity index (χ4v) is 6.79. The molecule has 3 fully saturated rings. The molecule has 1 N–H and O–H groups in total. The summed E-state index contributed by atoms with van der Waals surface area (Å²) in [5.74, 6) is 0.776. The molecule has 3 aliphatic rings. The highest BCUT2D eigenvalue weighted by Gasteiger charge is 2.53. The summed E-state index contributed by atoms with van der Waals surface area (Å²) < 4.78 is 0. The van der Waals surface area contributed by atoms with Crippen LogP contribution in [0, 0.1) is 5.92 Å². The zero-order valence-corrected chi connectivity index (χ0v) is 24.6. The van der Waals surface area contributed by atoms with Gasteiger partial charge in [-0.05, 0) is 37.2 Å². The Morgan fingerprint density at radius 2 is 1.57 bits per heavy atom. The lowest BCUT2D eigenvalue weighted by molar-refractivity contribution is -0.162. The van der Waals surface area contributed by atoms with Crippen LogP contribution in [-0.2, 0) is 16.1 Å². The summed E-state index contributed by atoms with van der Waals surface area (Å²) >= 11 is 0. The first-order valence-electron chi connectivity index (χ1n) is 15.0. The second kappa shape index (κ2) is 13.8. The minimum Gasteiger partial charge on any atom is -0.342 e. The number of unbranched alkanes of at least 4 members (excludes halogenated alkanes) is 1. The van der Waals surface area contributed by atoms with Gasteiger partial charge in [0, 0.05) is 37.3 Å². The summed E-state index contributed by atoms with van der Waals surface area (Å²) in [6.45, 7) is 5.11. The first-order valence-corrected chi connectivity index (χ1v) is 15.0. The third-order valence-corrected chi connectivity index (χ3v) is 9.18. The molecule has 7 heteroatoms. The monoisotopic (exact) mass is 565 g/mol. The van der Waals surface area contributed by atoms with Gasteiger partial charge in [0.15, 0.2) is 5.78 Å². The largest absolute Gasteiger partial charge is 0.342 e. The number of benzene rings is 2. The fourth-order valence-electron chi connectivity index (χ4n) is 6.79. The average Bonchev–Trinajstić information content (AvgIpc) is 2.98. The molecule has 1 aliphatic carbocycles. The van der Waals surface area contributed by atoms with E-state index < -0.39 is 5.54 Å². The van der Waals surface area contributed by atoms with E-state index in [0.717, 1.165) is 44.5 Å². The van der Waals surface area contributed by atoms with Crippen LogP contribution in [0.4, 0.5) is 0 Å². The molecule has 5 rings (SSSR count). The Balaban J connectivity index is 0.00000370. The van der Waals surface area contributed by atoms with Crippen molar-refractivity contribution in [3.63, 3.8) is 0 Å². The molecular formula is C33H44ClN3O3. The van der Waals surface area contributed by atoms with Gasteiger partial charge in [0.2, 0.25) is 11.8 Å². The third-order valence-electron chi connectivity index (χ3n) is 9.18. The number of hydrogen-bond donors (Lipinski definition) is 1. The van der Waals surface area contributed by atoms with E-state index in [0.29, 0.717) is 36.4 Å². The summed E-state index contributed by atoms with van der Waals surface area (Å²) in [7, 11) is 0. The van der Waals surface area contributed by atoms with Gasteiger partial charge in [-0.25, -0.2) is 0 Å². The molecule has 2 amide bonds. The van der Waals surface area contributed by atoms with Gasteiger partial charge in [0.25, 0.3) is 0 Å². The number of likely N-dealkylation sites (tertiary alicyclic amines) is 1. The molecular weight excluding hydrogens is 522 g/mol. The van der Waals surface area contributed by atoms with E-state index in [-0.39, 0.29) is 36.0 Å². The SMILES string of the molecule is CCCCN1C(=O)[C@H](CC2CCCCC2)NC(=O)C12CCN(Cc1ccc(C(=O)c3ccccc3)cc1)CC2.Cl. The first kappa shape index (κ1) is 30.3. The van der Waals surface area contributed by atoms with E-state index >= 15 is 0 Å². The van der Waals surface area contributed by atoms with E-state index in [1.807, 2.05) is 59.5 Å². The van der Waals surface area contributed by atoms with Gasteiger partial charge in [-0.15, -0.1) is 12.4 Å². The highest BCUT2D eigenvalue weighted by atomic mass is 35.5. The van der Waals surface area contributed by atoms with Crippen molar-refractivity contribution >= 4 is 30.0 Å². The zero-order chi connectivity index (χ0) is 27.2. The molecule has 2 heterocycles. The quantitative estimate of drug-likeness (QED) is 0.392. The standard InChI is InChI=1S/C33H43N3O3.ClH/c1-2-3-20-36-31(38)29(23-25-10-6-4-7-11-25)34-32(39)33(36)18-21-35(22-19-33)24-26-14-16-28(17-15-26)30(37)27-12-8-5-9-13-27;/h5,8-9,12-17,25,29H,2-4,6-7,10-11,18-24H2,1H3,(H,34,39);1H/t29-;/m0./s1. The van der Waals surface area contributed by atoms with Gasteiger partial charge >= 0.3 is 0 Å². The molecule has 0 radical (unpaired) electrons. The van der Waals surface area contributed by atoms with Gasteiger partial charge < -0.3 is 10.2 Å². The summed E-state index contributed by atoms with van der Waals surface area (Å²) in [6.07, 6.45) is 10.2. The smallest absolute Gasteiger partial charge is 0.246 e. The lowest BCUT2D eigenvalue weighted by Crippen LogP contribution is -2.73. The van der Waals surface area contributed by atoms with E-state index in [1.54, 1.807) is 0 Å². The van der Waals surface area contributed by atoms with Gasteiger partial charge in [-0.3, -0.25) is 19.3 Å². The Morgan fingerprint density at radius 1 is 0.925 bits per heavy atom. The van der Waals surface area contributed by atoms with Crippen LogP contribution in [0.15, 0.2) is 54.6 Å². The maximum Gasteiger partial charge on any atom is 0.246 e. The minimum atomic E-state index is -0.724. The van der Waals surface area contributed by atoms with Gasteiger partial charge in [-0.1, -0.05) is 100 Å². The number of carbonyl (C=O) groups is 3. The van der Waals surface area contributed by atoms with Crippen molar-refractivity contribution in [2.45, 2.75) is 89.3 Å². The van der Waals surface area contributed by atoms with Gasteiger partial charge in [0.05, 0.1) is 0 Å². The Kier molecular flexibility index (Phi) is 10.4. The number of carbonyl (C=O) groups excluding carboxylic acids is 3. The highest BCUT2D eigenvalue weighted by molar-refractivity contribution is 6.08. The van der Waals surface area contributed by atoms with Gasteiger partial charge in [0.1, 0.15) is 11.6 Å². The number of amides is 2. The predicted molar refractivity (Wildman–Crippen MR) is 161 cm³/mol. The number of piperidine rings is 1. The fraction of sp³-hybridized carbons (Fsp3) is 0.545. The lowest BCUT2D eigenvalue weighted by atomic mass is 9.79. The third kappa shape index (κ3) is 6.60. The molecule has 2 aliphatic heterocycles.